The first-order valence-corrected chi connectivity index (χ1v) is 5.60. The van der Waals surface area contributed by atoms with Crippen molar-refractivity contribution in [1.29, 1.82) is 0 Å². The van der Waals surface area contributed by atoms with E-state index in [1.54, 1.807) is 0 Å². The highest BCUT2D eigenvalue weighted by molar-refractivity contribution is 5.74. The average molecular weight is 210 g/mol. The van der Waals surface area contributed by atoms with Crippen LogP contribution in [-0.4, -0.2) is 17.9 Å². The molecular formula is C12H18O3. The number of esters is 1. The Morgan fingerprint density at radius 3 is 2.20 bits per heavy atom. The molecule has 0 saturated heterocycles. The summed E-state index contributed by atoms with van der Waals surface area (Å²) in [5.74, 6) is 1.14. The van der Waals surface area contributed by atoms with Crippen molar-refractivity contribution in [1.82, 2.24) is 0 Å². The van der Waals surface area contributed by atoms with Crippen molar-refractivity contribution in [3.63, 3.8) is 0 Å². The minimum Gasteiger partial charge on any atom is -0.460 e. The van der Waals surface area contributed by atoms with Gasteiger partial charge in [0.15, 0.2) is 0 Å². The molecule has 2 unspecified atom stereocenters. The Bertz CT molecular complexity index is 278. The van der Waals surface area contributed by atoms with E-state index in [2.05, 4.69) is 0 Å². The molecule has 0 N–H and O–H groups in total. The van der Waals surface area contributed by atoms with E-state index in [0.717, 1.165) is 19.1 Å². The fourth-order valence-electron chi connectivity index (χ4n) is 2.67. The van der Waals surface area contributed by atoms with Crippen molar-refractivity contribution in [3.8, 4) is 0 Å². The van der Waals surface area contributed by atoms with Crippen LogP contribution < -0.4 is 0 Å². The predicted molar refractivity (Wildman–Crippen MR) is 55.1 cm³/mol. The summed E-state index contributed by atoms with van der Waals surface area (Å²) in [5.41, 5.74) is -0.395. The first-order valence-electron chi connectivity index (χ1n) is 5.60. The van der Waals surface area contributed by atoms with Crippen molar-refractivity contribution < 1.29 is 14.3 Å². The van der Waals surface area contributed by atoms with Crippen LogP contribution in [0.2, 0.25) is 0 Å². The number of carbonyl (C=O) groups is 2. The Hall–Kier alpha value is -0.860. The molecule has 0 aromatic carbocycles. The number of hydrogen-bond donors (Lipinski definition) is 0. The first-order chi connectivity index (χ1) is 6.92. The highest BCUT2D eigenvalue weighted by Crippen LogP contribution is 2.58. The summed E-state index contributed by atoms with van der Waals surface area (Å²) in [4.78, 5) is 22.3. The summed E-state index contributed by atoms with van der Waals surface area (Å²) in [6.45, 7) is 5.65. The Morgan fingerprint density at radius 1 is 1.27 bits per heavy atom. The molecule has 84 valence electrons. The predicted octanol–water partition coefficient (Wildman–Crippen LogP) is 1.80. The molecule has 0 aromatic rings. The maximum atomic E-state index is 11.7. The molecule has 2 saturated carbocycles. The smallest absolute Gasteiger partial charge is 0.309 e. The van der Waals surface area contributed by atoms with Gasteiger partial charge in [-0.05, 0) is 45.4 Å². The van der Waals surface area contributed by atoms with E-state index in [0.29, 0.717) is 11.8 Å². The van der Waals surface area contributed by atoms with Crippen molar-refractivity contribution in [3.05, 3.63) is 0 Å². The number of carbonyl (C=O) groups excluding carboxylic acids is 2. The molecule has 15 heavy (non-hydrogen) atoms. The van der Waals surface area contributed by atoms with Crippen molar-refractivity contribution in [2.45, 2.75) is 39.2 Å². The summed E-state index contributed by atoms with van der Waals surface area (Å²) >= 11 is 0. The number of rotatable bonds is 2. The van der Waals surface area contributed by atoms with Gasteiger partial charge in [0.1, 0.15) is 11.9 Å². The third-order valence-electron chi connectivity index (χ3n) is 3.41. The van der Waals surface area contributed by atoms with Gasteiger partial charge < -0.3 is 9.53 Å². The lowest BCUT2D eigenvalue weighted by molar-refractivity contribution is -0.160. The van der Waals surface area contributed by atoms with Crippen LogP contribution in [0.3, 0.4) is 0 Å². The van der Waals surface area contributed by atoms with Crippen LogP contribution in [0.1, 0.15) is 33.6 Å². The standard InChI is InChI=1S/C12H18O3/c1-12(2,3)15-11(14)7-4-8-9(5-7)10(8)6-13/h6-10H,4-5H2,1-3H3. The van der Waals surface area contributed by atoms with Crippen LogP contribution >= 0.6 is 0 Å². The lowest BCUT2D eigenvalue weighted by atomic mass is 10.0. The minimum atomic E-state index is -0.395. The van der Waals surface area contributed by atoms with Crippen LogP contribution in [0.15, 0.2) is 0 Å². The lowest BCUT2D eigenvalue weighted by Gasteiger charge is -2.22. The monoisotopic (exact) mass is 210 g/mol. The summed E-state index contributed by atoms with van der Waals surface area (Å²) in [7, 11) is 0. The zero-order valence-electron chi connectivity index (χ0n) is 9.53. The molecule has 3 heteroatoms. The summed E-state index contributed by atoms with van der Waals surface area (Å²) < 4.78 is 5.33. The maximum Gasteiger partial charge on any atom is 0.309 e. The van der Waals surface area contributed by atoms with E-state index >= 15 is 0 Å². The second kappa shape index (κ2) is 3.32. The van der Waals surface area contributed by atoms with Crippen molar-refractivity contribution in [2.75, 3.05) is 0 Å². The van der Waals surface area contributed by atoms with Crippen LogP contribution in [0.25, 0.3) is 0 Å². The van der Waals surface area contributed by atoms with Gasteiger partial charge in [-0.15, -0.1) is 0 Å². The SMILES string of the molecule is CC(C)(C)OC(=O)C1CC2C(C=O)C2C1. The quantitative estimate of drug-likeness (QED) is 0.515. The zero-order valence-corrected chi connectivity index (χ0v) is 9.53. The molecule has 0 aromatic heterocycles. The zero-order chi connectivity index (χ0) is 11.2. The molecule has 0 spiro atoms. The fourth-order valence-corrected chi connectivity index (χ4v) is 2.67. The van der Waals surface area contributed by atoms with Gasteiger partial charge in [-0.1, -0.05) is 0 Å². The molecule has 2 rings (SSSR count). The van der Waals surface area contributed by atoms with Crippen LogP contribution in [0.5, 0.6) is 0 Å². The first kappa shape index (κ1) is 10.7. The molecule has 3 nitrogen and oxygen atoms in total. The number of aldehydes is 1. The van der Waals surface area contributed by atoms with Gasteiger partial charge in [0.25, 0.3) is 0 Å². The van der Waals surface area contributed by atoms with E-state index in [1.807, 2.05) is 20.8 Å². The largest absolute Gasteiger partial charge is 0.460 e. The van der Waals surface area contributed by atoms with Gasteiger partial charge in [0.2, 0.25) is 0 Å². The number of ether oxygens (including phenoxy) is 1. The Balaban J connectivity index is 1.84. The second-order valence-corrected chi connectivity index (χ2v) is 5.74. The Morgan fingerprint density at radius 2 is 1.80 bits per heavy atom. The fraction of sp³-hybridized carbons (Fsp3) is 0.833. The third-order valence-corrected chi connectivity index (χ3v) is 3.41. The molecular weight excluding hydrogens is 192 g/mol. The van der Waals surface area contributed by atoms with E-state index in [9.17, 15) is 9.59 Å². The normalized spacial score (nSPS) is 38.3. The van der Waals surface area contributed by atoms with Crippen LogP contribution in [-0.2, 0) is 14.3 Å². The summed E-state index contributed by atoms with van der Waals surface area (Å²) in [5, 5.41) is 0. The van der Waals surface area contributed by atoms with E-state index in [-0.39, 0.29) is 17.8 Å². The maximum absolute atomic E-state index is 11.7. The lowest BCUT2D eigenvalue weighted by Crippen LogP contribution is -2.28. The van der Waals surface area contributed by atoms with E-state index in [4.69, 9.17) is 4.74 Å². The molecule has 2 aliphatic carbocycles. The van der Waals surface area contributed by atoms with Gasteiger partial charge in [-0.3, -0.25) is 4.79 Å². The average Bonchev–Trinajstić information content (AvgIpc) is 2.54. The van der Waals surface area contributed by atoms with Crippen molar-refractivity contribution in [2.24, 2.45) is 23.7 Å². The van der Waals surface area contributed by atoms with Gasteiger partial charge in [-0.25, -0.2) is 0 Å². The Kier molecular flexibility index (Phi) is 2.36. The van der Waals surface area contributed by atoms with Crippen LogP contribution in [0.4, 0.5) is 0 Å². The number of hydrogen-bond acceptors (Lipinski definition) is 3. The van der Waals surface area contributed by atoms with Gasteiger partial charge >= 0.3 is 5.97 Å². The van der Waals surface area contributed by atoms with Crippen LogP contribution in [0, 0.1) is 23.7 Å². The highest BCUT2D eigenvalue weighted by atomic mass is 16.6. The van der Waals surface area contributed by atoms with Gasteiger partial charge in [0.05, 0.1) is 5.92 Å². The molecule has 0 heterocycles. The molecule has 2 fully saturated rings. The molecule has 2 atom stereocenters. The molecule has 2 aliphatic rings. The Labute approximate surface area is 90.2 Å². The van der Waals surface area contributed by atoms with E-state index < -0.39 is 5.60 Å². The number of fused-ring (bicyclic) bond motifs is 1. The van der Waals surface area contributed by atoms with Gasteiger partial charge in [-0.2, -0.15) is 0 Å². The molecule has 0 radical (unpaired) electrons. The molecule has 0 aliphatic heterocycles. The van der Waals surface area contributed by atoms with Crippen molar-refractivity contribution >= 4 is 12.3 Å². The van der Waals surface area contributed by atoms with E-state index in [1.165, 1.54) is 0 Å². The topological polar surface area (TPSA) is 43.4 Å². The minimum absolute atomic E-state index is 0.0374. The third kappa shape index (κ3) is 2.06. The summed E-state index contributed by atoms with van der Waals surface area (Å²) in [6.07, 6.45) is 2.74. The highest BCUT2D eigenvalue weighted by Gasteiger charge is 2.57. The molecule has 0 bridgehead atoms. The van der Waals surface area contributed by atoms with Gasteiger partial charge in [0, 0.05) is 5.92 Å². The summed E-state index contributed by atoms with van der Waals surface area (Å²) in [6, 6.07) is 0. The second-order valence-electron chi connectivity index (χ2n) is 5.74. The molecule has 0 amide bonds.